The molecule has 0 spiro atoms. The van der Waals surface area contributed by atoms with Crippen molar-refractivity contribution in [2.75, 3.05) is 0 Å². The standard InChI is InChI=1S/C42H26O/c1-2-13-28(14-3-1)36-26-40-37(31-16-10-11-21-39(31)43-40)25-38(36)42-34-19-8-6-17-32(34)41(33-18-7-9-20-35(33)42)30-23-22-27-12-4-5-15-29(27)24-30/h1-26H/i4D,5D,12D,15D,22D,23D,24D. The Hall–Kier alpha value is -5.66. The second-order valence-electron chi connectivity index (χ2n) is 10.7. The van der Waals surface area contributed by atoms with Crippen LogP contribution in [0.2, 0.25) is 0 Å². The van der Waals surface area contributed by atoms with Crippen molar-refractivity contribution >= 4 is 54.3 Å². The summed E-state index contributed by atoms with van der Waals surface area (Å²) in [6.07, 6.45) is 0. The van der Waals surface area contributed by atoms with Gasteiger partial charge in [-0.3, -0.25) is 0 Å². The molecular formula is C42H26O. The summed E-state index contributed by atoms with van der Waals surface area (Å²) < 4.78 is 67.8. The van der Waals surface area contributed by atoms with Crippen LogP contribution >= 0.6 is 0 Å². The Kier molecular flexibility index (Phi) is 3.95. The summed E-state index contributed by atoms with van der Waals surface area (Å²) in [7, 11) is 0. The molecule has 0 bridgehead atoms. The SMILES string of the molecule is [2H]c1c([2H])c([2H])c2c([2H])c(-c3c4ccccc4c(-c4cc5c(cc4-c4ccccc4)oc4ccccc45)c4ccccc34)c([2H])c([2H])c2c1[2H]. The van der Waals surface area contributed by atoms with Gasteiger partial charge in [0.1, 0.15) is 11.2 Å². The first-order valence-corrected chi connectivity index (χ1v) is 14.2. The van der Waals surface area contributed by atoms with E-state index in [0.717, 1.165) is 65.7 Å². The molecule has 200 valence electrons. The molecule has 1 heteroatoms. The largest absolute Gasteiger partial charge is 0.456 e. The minimum absolute atomic E-state index is 0.0621. The highest BCUT2D eigenvalue weighted by Gasteiger charge is 2.21. The van der Waals surface area contributed by atoms with E-state index in [0.29, 0.717) is 5.56 Å². The summed E-state index contributed by atoms with van der Waals surface area (Å²) in [4.78, 5) is 0. The number of hydrogen-bond donors (Lipinski definition) is 0. The molecule has 0 aliphatic rings. The van der Waals surface area contributed by atoms with Gasteiger partial charge >= 0.3 is 0 Å². The van der Waals surface area contributed by atoms with E-state index in [1.807, 2.05) is 84.9 Å². The van der Waals surface area contributed by atoms with E-state index in [-0.39, 0.29) is 40.5 Å². The van der Waals surface area contributed by atoms with Crippen LogP contribution in [0, 0.1) is 0 Å². The third kappa shape index (κ3) is 3.72. The lowest BCUT2D eigenvalue weighted by Crippen LogP contribution is -1.93. The van der Waals surface area contributed by atoms with E-state index in [9.17, 15) is 2.74 Å². The molecule has 0 aliphatic carbocycles. The minimum Gasteiger partial charge on any atom is -0.456 e. The third-order valence-corrected chi connectivity index (χ3v) is 8.30. The van der Waals surface area contributed by atoms with Gasteiger partial charge in [0.05, 0.1) is 9.60 Å². The number of hydrogen-bond acceptors (Lipinski definition) is 1. The summed E-state index contributed by atoms with van der Waals surface area (Å²) in [5.74, 6) is 0. The van der Waals surface area contributed by atoms with Crippen molar-refractivity contribution in [2.24, 2.45) is 0 Å². The molecule has 1 aromatic heterocycles. The Morgan fingerprint density at radius 3 is 1.74 bits per heavy atom. The number of benzene rings is 8. The number of fused-ring (bicyclic) bond motifs is 6. The Labute approximate surface area is 259 Å². The third-order valence-electron chi connectivity index (χ3n) is 8.30. The maximum atomic E-state index is 9.42. The van der Waals surface area contributed by atoms with E-state index < -0.39 is 18.1 Å². The van der Waals surface area contributed by atoms with Crippen LogP contribution in [0.1, 0.15) is 9.60 Å². The molecule has 43 heavy (non-hydrogen) atoms. The molecule has 0 fully saturated rings. The first kappa shape index (κ1) is 18.0. The Morgan fingerprint density at radius 2 is 1.02 bits per heavy atom. The van der Waals surface area contributed by atoms with Crippen LogP contribution < -0.4 is 0 Å². The first-order chi connectivity index (χ1) is 24.3. The molecule has 0 radical (unpaired) electrons. The Balaban J connectivity index is 1.47. The molecule has 0 amide bonds. The van der Waals surface area contributed by atoms with E-state index in [2.05, 4.69) is 30.3 Å². The molecule has 0 unspecified atom stereocenters. The fraction of sp³-hybridized carbons (Fsp3) is 0. The Morgan fingerprint density at radius 1 is 0.419 bits per heavy atom. The molecule has 0 N–H and O–H groups in total. The predicted octanol–water partition coefficient (Wildman–Crippen LogP) is 12.0. The second kappa shape index (κ2) is 9.44. The average Bonchev–Trinajstić information content (AvgIpc) is 3.51. The molecule has 9 aromatic rings. The summed E-state index contributed by atoms with van der Waals surface area (Å²) in [5, 5.41) is 5.10. The van der Waals surface area contributed by atoms with Gasteiger partial charge in [0, 0.05) is 10.8 Å². The lowest BCUT2D eigenvalue weighted by Gasteiger charge is -2.20. The van der Waals surface area contributed by atoms with Gasteiger partial charge in [-0.2, -0.15) is 0 Å². The van der Waals surface area contributed by atoms with E-state index in [1.165, 1.54) is 0 Å². The van der Waals surface area contributed by atoms with Gasteiger partial charge in [-0.25, -0.2) is 0 Å². The smallest absolute Gasteiger partial charge is 0.136 e. The van der Waals surface area contributed by atoms with Crippen LogP contribution in [-0.2, 0) is 0 Å². The highest BCUT2D eigenvalue weighted by Crippen LogP contribution is 2.48. The maximum Gasteiger partial charge on any atom is 0.136 e. The van der Waals surface area contributed by atoms with Crippen molar-refractivity contribution < 1.29 is 14.0 Å². The Bertz CT molecular complexity index is 2840. The minimum atomic E-state index is -0.487. The first-order valence-electron chi connectivity index (χ1n) is 17.7. The molecule has 0 saturated carbocycles. The zero-order chi connectivity index (χ0) is 34.4. The van der Waals surface area contributed by atoms with Gasteiger partial charge in [-0.05, 0) is 89.9 Å². The van der Waals surface area contributed by atoms with Crippen molar-refractivity contribution in [1.82, 2.24) is 0 Å². The fourth-order valence-electron chi connectivity index (χ4n) is 6.43. The van der Waals surface area contributed by atoms with Gasteiger partial charge < -0.3 is 4.42 Å². The number of para-hydroxylation sites is 1. The van der Waals surface area contributed by atoms with Crippen molar-refractivity contribution in [3.8, 4) is 33.4 Å². The summed E-state index contributed by atoms with van der Waals surface area (Å²) >= 11 is 0. The zero-order valence-electron chi connectivity index (χ0n) is 29.9. The van der Waals surface area contributed by atoms with Gasteiger partial charge in [-0.1, -0.05) is 133 Å². The van der Waals surface area contributed by atoms with E-state index in [4.69, 9.17) is 11.3 Å². The van der Waals surface area contributed by atoms with Crippen LogP contribution in [-0.4, -0.2) is 0 Å². The van der Waals surface area contributed by atoms with E-state index >= 15 is 0 Å². The highest BCUT2D eigenvalue weighted by atomic mass is 16.3. The lowest BCUT2D eigenvalue weighted by molar-refractivity contribution is 0.669. The number of furan rings is 1. The van der Waals surface area contributed by atoms with Gasteiger partial charge in [0.2, 0.25) is 0 Å². The summed E-state index contributed by atoms with van der Waals surface area (Å²) in [6, 6.07) is 35.7. The van der Waals surface area contributed by atoms with Crippen molar-refractivity contribution in [3.63, 3.8) is 0 Å². The van der Waals surface area contributed by atoms with Crippen LogP contribution in [0.15, 0.2) is 162 Å². The maximum absolute atomic E-state index is 9.42. The van der Waals surface area contributed by atoms with E-state index in [1.54, 1.807) is 0 Å². The van der Waals surface area contributed by atoms with Crippen molar-refractivity contribution in [1.29, 1.82) is 0 Å². The lowest BCUT2D eigenvalue weighted by atomic mass is 9.83. The second-order valence-corrected chi connectivity index (χ2v) is 10.7. The predicted molar refractivity (Wildman–Crippen MR) is 183 cm³/mol. The van der Waals surface area contributed by atoms with Crippen LogP contribution in [0.25, 0.3) is 87.6 Å². The fourth-order valence-corrected chi connectivity index (χ4v) is 6.43. The summed E-state index contributed by atoms with van der Waals surface area (Å²) in [6.45, 7) is 0. The molecule has 1 heterocycles. The zero-order valence-corrected chi connectivity index (χ0v) is 22.9. The molecule has 0 atom stereocenters. The topological polar surface area (TPSA) is 13.1 Å². The monoisotopic (exact) mass is 553 g/mol. The van der Waals surface area contributed by atoms with Gasteiger partial charge in [0.25, 0.3) is 0 Å². The van der Waals surface area contributed by atoms with Crippen molar-refractivity contribution in [3.05, 3.63) is 158 Å². The summed E-state index contributed by atoms with van der Waals surface area (Å²) in [5.41, 5.74) is 6.28. The van der Waals surface area contributed by atoms with Gasteiger partial charge in [-0.15, -0.1) is 0 Å². The normalized spacial score (nSPS) is 14.0. The van der Waals surface area contributed by atoms with Crippen LogP contribution in [0.3, 0.4) is 0 Å². The quantitative estimate of drug-likeness (QED) is 0.198. The molecule has 1 nitrogen and oxygen atoms in total. The molecule has 0 aliphatic heterocycles. The molecular weight excluding hydrogens is 520 g/mol. The van der Waals surface area contributed by atoms with Crippen LogP contribution in [0.5, 0.6) is 0 Å². The van der Waals surface area contributed by atoms with Crippen LogP contribution in [0.4, 0.5) is 0 Å². The molecule has 8 aromatic carbocycles. The molecule has 9 rings (SSSR count). The highest BCUT2D eigenvalue weighted by molar-refractivity contribution is 6.23. The van der Waals surface area contributed by atoms with Gasteiger partial charge in [0.15, 0.2) is 0 Å². The number of rotatable bonds is 3. The molecule has 0 saturated heterocycles. The average molecular weight is 554 g/mol. The van der Waals surface area contributed by atoms with Crippen molar-refractivity contribution in [2.45, 2.75) is 0 Å².